The number of halogens is 1. The van der Waals surface area contributed by atoms with E-state index in [9.17, 15) is 9.59 Å². The smallest absolute Gasteiger partial charge is 0.261 e. The summed E-state index contributed by atoms with van der Waals surface area (Å²) in [6, 6.07) is 12.6. The topological polar surface area (TPSA) is 58.6 Å². The Kier molecular flexibility index (Phi) is 8.72. The van der Waals surface area contributed by atoms with Crippen LogP contribution in [0.25, 0.3) is 0 Å². The molecule has 0 fully saturated rings. The zero-order chi connectivity index (χ0) is 22.3. The van der Waals surface area contributed by atoms with Crippen LogP contribution in [0.2, 0.25) is 5.02 Å². The first kappa shape index (κ1) is 23.7. The molecule has 0 radical (unpaired) electrons. The molecule has 0 spiro atoms. The summed E-state index contributed by atoms with van der Waals surface area (Å²) in [5.41, 5.74) is 2.95. The van der Waals surface area contributed by atoms with Gasteiger partial charge in [0, 0.05) is 17.6 Å². The van der Waals surface area contributed by atoms with Crippen LogP contribution in [-0.2, 0) is 16.1 Å². The largest absolute Gasteiger partial charge is 0.484 e. The van der Waals surface area contributed by atoms with Crippen molar-refractivity contribution >= 4 is 23.4 Å². The van der Waals surface area contributed by atoms with E-state index >= 15 is 0 Å². The number of nitrogens with zero attached hydrogens (tertiary/aromatic N) is 1. The summed E-state index contributed by atoms with van der Waals surface area (Å²) in [5, 5.41) is 3.57. The number of aryl methyl sites for hydroxylation is 2. The third-order valence-electron chi connectivity index (χ3n) is 4.74. The van der Waals surface area contributed by atoms with Gasteiger partial charge in [0.2, 0.25) is 5.91 Å². The monoisotopic (exact) mass is 430 g/mol. The lowest BCUT2D eigenvalue weighted by atomic mass is 10.1. The van der Waals surface area contributed by atoms with Crippen molar-refractivity contribution < 1.29 is 14.3 Å². The van der Waals surface area contributed by atoms with Crippen LogP contribution in [-0.4, -0.2) is 35.4 Å². The van der Waals surface area contributed by atoms with Gasteiger partial charge >= 0.3 is 0 Å². The average Bonchev–Trinajstić information content (AvgIpc) is 2.68. The van der Waals surface area contributed by atoms with Gasteiger partial charge < -0.3 is 15.0 Å². The van der Waals surface area contributed by atoms with Crippen molar-refractivity contribution in [3.8, 4) is 5.75 Å². The minimum Gasteiger partial charge on any atom is -0.484 e. The Hall–Kier alpha value is -2.53. The third-order valence-corrected chi connectivity index (χ3v) is 5.17. The predicted molar refractivity (Wildman–Crippen MR) is 121 cm³/mol. The quantitative estimate of drug-likeness (QED) is 0.629. The van der Waals surface area contributed by atoms with Gasteiger partial charge in [-0.3, -0.25) is 9.59 Å². The van der Waals surface area contributed by atoms with E-state index in [2.05, 4.69) is 5.32 Å². The number of hydrogen-bond acceptors (Lipinski definition) is 3. The predicted octanol–water partition coefficient (Wildman–Crippen LogP) is 4.67. The Morgan fingerprint density at radius 1 is 1.13 bits per heavy atom. The summed E-state index contributed by atoms with van der Waals surface area (Å²) < 4.78 is 5.72. The number of carbonyl (C=O) groups excluding carboxylic acids is 2. The lowest BCUT2D eigenvalue weighted by Crippen LogP contribution is -2.51. The molecule has 5 nitrogen and oxygen atoms in total. The molecule has 2 amide bonds. The van der Waals surface area contributed by atoms with E-state index in [1.165, 1.54) is 0 Å². The molecule has 2 aromatic rings. The number of ether oxygens (including phenoxy) is 1. The van der Waals surface area contributed by atoms with E-state index in [0.29, 0.717) is 23.7 Å². The van der Waals surface area contributed by atoms with Crippen LogP contribution < -0.4 is 10.1 Å². The Balaban J connectivity index is 2.22. The molecular formula is C24H31ClN2O3. The number of nitrogens with one attached hydrogen (secondary N) is 1. The zero-order valence-corrected chi connectivity index (χ0v) is 19.1. The Bertz CT molecular complexity index is 883. The van der Waals surface area contributed by atoms with Gasteiger partial charge in [0.05, 0.1) is 0 Å². The molecule has 0 bridgehead atoms. The van der Waals surface area contributed by atoms with Gasteiger partial charge in [-0.15, -0.1) is 0 Å². The molecule has 0 aliphatic rings. The number of carbonyl (C=O) groups is 2. The van der Waals surface area contributed by atoms with Gasteiger partial charge in [0.1, 0.15) is 11.8 Å². The van der Waals surface area contributed by atoms with Gasteiger partial charge in [0.25, 0.3) is 5.91 Å². The van der Waals surface area contributed by atoms with Crippen molar-refractivity contribution in [3.05, 3.63) is 64.2 Å². The lowest BCUT2D eigenvalue weighted by Gasteiger charge is -2.31. The Morgan fingerprint density at radius 2 is 1.87 bits per heavy atom. The number of hydrogen-bond donors (Lipinski definition) is 1. The van der Waals surface area contributed by atoms with E-state index in [-0.39, 0.29) is 24.5 Å². The molecule has 1 atom stereocenters. The highest BCUT2D eigenvalue weighted by Gasteiger charge is 2.29. The summed E-state index contributed by atoms with van der Waals surface area (Å²) in [6.45, 7) is 9.79. The van der Waals surface area contributed by atoms with E-state index in [4.69, 9.17) is 16.3 Å². The standard InChI is InChI=1S/C24H31ClN2O3/c1-6-22(24(29)26-16(2)3)27(14-19-9-7-8-17(4)12-19)23(28)15-30-20-10-11-21(25)18(5)13-20/h7-13,16,22H,6,14-15H2,1-5H3,(H,26,29). The van der Waals surface area contributed by atoms with Crippen LogP contribution in [0.15, 0.2) is 42.5 Å². The summed E-state index contributed by atoms with van der Waals surface area (Å²) in [5.74, 6) is 0.172. The molecule has 0 aromatic heterocycles. The average molecular weight is 431 g/mol. The molecule has 0 saturated heterocycles. The van der Waals surface area contributed by atoms with Gasteiger partial charge in [-0.05, 0) is 63.4 Å². The number of rotatable bonds is 9. The van der Waals surface area contributed by atoms with Crippen LogP contribution in [0, 0.1) is 13.8 Å². The normalized spacial score (nSPS) is 11.8. The Labute approximate surface area is 184 Å². The van der Waals surface area contributed by atoms with Gasteiger partial charge in [-0.25, -0.2) is 0 Å². The molecule has 6 heteroatoms. The highest BCUT2D eigenvalue weighted by molar-refractivity contribution is 6.31. The van der Waals surface area contributed by atoms with Gasteiger partial charge in [-0.1, -0.05) is 48.4 Å². The zero-order valence-electron chi connectivity index (χ0n) is 18.4. The first-order valence-corrected chi connectivity index (χ1v) is 10.6. The first-order chi connectivity index (χ1) is 14.2. The van der Waals surface area contributed by atoms with E-state index in [1.54, 1.807) is 23.1 Å². The minimum absolute atomic E-state index is 0.00392. The van der Waals surface area contributed by atoms with Gasteiger partial charge in [0.15, 0.2) is 6.61 Å². The molecule has 1 N–H and O–H groups in total. The molecule has 0 aliphatic carbocycles. The molecular weight excluding hydrogens is 400 g/mol. The summed E-state index contributed by atoms with van der Waals surface area (Å²) in [6.07, 6.45) is 0.510. The molecule has 0 heterocycles. The second-order valence-corrected chi connectivity index (χ2v) is 8.20. The highest BCUT2D eigenvalue weighted by Crippen LogP contribution is 2.21. The van der Waals surface area contributed by atoms with Crippen LogP contribution in [0.5, 0.6) is 5.75 Å². The van der Waals surface area contributed by atoms with Crippen molar-refractivity contribution in [3.63, 3.8) is 0 Å². The summed E-state index contributed by atoms with van der Waals surface area (Å²) in [7, 11) is 0. The molecule has 2 rings (SSSR count). The van der Waals surface area contributed by atoms with Crippen molar-refractivity contribution in [2.24, 2.45) is 0 Å². The fourth-order valence-corrected chi connectivity index (χ4v) is 3.36. The van der Waals surface area contributed by atoms with Gasteiger partial charge in [-0.2, -0.15) is 0 Å². The fraction of sp³-hybridized carbons (Fsp3) is 0.417. The summed E-state index contributed by atoms with van der Waals surface area (Å²) in [4.78, 5) is 27.5. The van der Waals surface area contributed by atoms with Crippen molar-refractivity contribution in [2.75, 3.05) is 6.61 Å². The summed E-state index contributed by atoms with van der Waals surface area (Å²) >= 11 is 6.06. The Morgan fingerprint density at radius 3 is 2.47 bits per heavy atom. The first-order valence-electron chi connectivity index (χ1n) is 10.3. The van der Waals surface area contributed by atoms with Crippen LogP contribution >= 0.6 is 11.6 Å². The maximum absolute atomic E-state index is 13.1. The maximum atomic E-state index is 13.1. The van der Waals surface area contributed by atoms with Crippen LogP contribution in [0.4, 0.5) is 0 Å². The minimum atomic E-state index is -0.573. The fourth-order valence-electron chi connectivity index (χ4n) is 3.24. The highest BCUT2D eigenvalue weighted by atomic mass is 35.5. The lowest BCUT2D eigenvalue weighted by molar-refractivity contribution is -0.143. The van der Waals surface area contributed by atoms with E-state index in [1.807, 2.05) is 58.9 Å². The van der Waals surface area contributed by atoms with E-state index < -0.39 is 6.04 Å². The number of benzene rings is 2. The molecule has 0 saturated carbocycles. The van der Waals surface area contributed by atoms with E-state index in [0.717, 1.165) is 16.7 Å². The maximum Gasteiger partial charge on any atom is 0.261 e. The SMILES string of the molecule is CCC(C(=O)NC(C)C)N(Cc1cccc(C)c1)C(=O)COc1ccc(Cl)c(C)c1. The molecule has 0 aliphatic heterocycles. The molecule has 30 heavy (non-hydrogen) atoms. The third kappa shape index (κ3) is 6.77. The second-order valence-electron chi connectivity index (χ2n) is 7.80. The van der Waals surface area contributed by atoms with Crippen molar-refractivity contribution in [2.45, 2.75) is 59.7 Å². The van der Waals surface area contributed by atoms with Crippen molar-refractivity contribution in [1.82, 2.24) is 10.2 Å². The van der Waals surface area contributed by atoms with Crippen LogP contribution in [0.1, 0.15) is 43.9 Å². The van der Waals surface area contributed by atoms with Crippen molar-refractivity contribution in [1.29, 1.82) is 0 Å². The van der Waals surface area contributed by atoms with Crippen LogP contribution in [0.3, 0.4) is 0 Å². The molecule has 162 valence electrons. The molecule has 2 aromatic carbocycles. The molecule has 1 unspecified atom stereocenters. The number of amides is 2. The second kappa shape index (κ2) is 11.0.